The van der Waals surface area contributed by atoms with Crippen molar-refractivity contribution >= 4 is 17.2 Å². The number of nitrogens with zero attached hydrogens (tertiary/aromatic N) is 1. The van der Waals surface area contributed by atoms with Gasteiger partial charge in [0.15, 0.2) is 0 Å². The first-order chi connectivity index (χ1) is 5.70. The number of rotatable bonds is 3. The number of aromatic nitrogens is 1. The first kappa shape index (κ1) is 8.93. The normalized spacial score (nSPS) is 9.67. The topological polar surface area (TPSA) is 48.0 Å². The van der Waals surface area contributed by atoms with Gasteiger partial charge in [0.2, 0.25) is 0 Å². The summed E-state index contributed by atoms with van der Waals surface area (Å²) in [4.78, 5) is 11.5. The van der Waals surface area contributed by atoms with Crippen LogP contribution < -0.4 is 11.3 Å². The molecular formula is C8H10N2OS. The largest absolute Gasteiger partial charge is 0.393 e. The minimum atomic E-state index is -0.0197. The minimum absolute atomic E-state index is 0.0197. The zero-order valence-electron chi connectivity index (χ0n) is 6.56. The summed E-state index contributed by atoms with van der Waals surface area (Å²) in [7, 11) is 0. The van der Waals surface area contributed by atoms with Crippen molar-refractivity contribution in [1.29, 1.82) is 0 Å². The smallest absolute Gasteiger partial charge is 0.250 e. The van der Waals surface area contributed by atoms with Crippen LogP contribution in [0.3, 0.4) is 0 Å². The van der Waals surface area contributed by atoms with E-state index in [1.54, 1.807) is 22.9 Å². The Morgan fingerprint density at radius 3 is 2.92 bits per heavy atom. The summed E-state index contributed by atoms with van der Waals surface area (Å²) in [5.41, 5.74) is 5.29. The van der Waals surface area contributed by atoms with Crippen molar-refractivity contribution < 1.29 is 0 Å². The van der Waals surface area contributed by atoms with Crippen LogP contribution >= 0.6 is 12.2 Å². The second-order valence-electron chi connectivity index (χ2n) is 2.45. The van der Waals surface area contributed by atoms with Gasteiger partial charge in [0, 0.05) is 25.2 Å². The molecule has 0 bridgehead atoms. The lowest BCUT2D eigenvalue weighted by Gasteiger charge is -2.02. The van der Waals surface area contributed by atoms with E-state index in [1.807, 2.05) is 0 Å². The summed E-state index contributed by atoms with van der Waals surface area (Å²) in [5.74, 6) is 0. The lowest BCUT2D eigenvalue weighted by atomic mass is 10.4. The van der Waals surface area contributed by atoms with Crippen LogP contribution in [0, 0.1) is 0 Å². The summed E-state index contributed by atoms with van der Waals surface area (Å²) >= 11 is 4.70. The van der Waals surface area contributed by atoms with Crippen molar-refractivity contribution in [3.05, 3.63) is 34.7 Å². The van der Waals surface area contributed by atoms with Crippen LogP contribution in [0.4, 0.5) is 0 Å². The molecule has 0 saturated carbocycles. The summed E-state index contributed by atoms with van der Waals surface area (Å²) in [6, 6.07) is 5.03. The molecule has 1 rings (SSSR count). The van der Waals surface area contributed by atoms with Gasteiger partial charge in [-0.1, -0.05) is 18.3 Å². The van der Waals surface area contributed by atoms with Gasteiger partial charge >= 0.3 is 0 Å². The molecule has 0 unspecified atom stereocenters. The van der Waals surface area contributed by atoms with Crippen LogP contribution in [0.2, 0.25) is 0 Å². The lowest BCUT2D eigenvalue weighted by molar-refractivity contribution is 0.696. The van der Waals surface area contributed by atoms with E-state index in [9.17, 15) is 4.79 Å². The maximum Gasteiger partial charge on any atom is 0.250 e. The molecule has 0 saturated heterocycles. The third-order valence-electron chi connectivity index (χ3n) is 1.50. The molecule has 4 heteroatoms. The Hall–Kier alpha value is -1.16. The predicted octanol–water partition coefficient (Wildman–Crippen LogP) is 0.525. The molecule has 0 aliphatic carbocycles. The quantitative estimate of drug-likeness (QED) is 0.693. The van der Waals surface area contributed by atoms with Gasteiger partial charge in [-0.05, 0) is 6.07 Å². The van der Waals surface area contributed by atoms with Crippen LogP contribution in [-0.4, -0.2) is 9.56 Å². The molecule has 64 valence electrons. The van der Waals surface area contributed by atoms with Crippen molar-refractivity contribution in [2.24, 2.45) is 5.73 Å². The monoisotopic (exact) mass is 182 g/mol. The minimum Gasteiger partial charge on any atom is -0.393 e. The third-order valence-corrected chi connectivity index (χ3v) is 1.70. The Morgan fingerprint density at radius 1 is 1.58 bits per heavy atom. The average Bonchev–Trinajstić information content (AvgIpc) is 2.03. The number of pyridine rings is 1. The number of hydrogen-bond donors (Lipinski definition) is 1. The molecule has 0 radical (unpaired) electrons. The molecule has 0 aromatic carbocycles. The molecule has 0 amide bonds. The Kier molecular flexibility index (Phi) is 2.99. The van der Waals surface area contributed by atoms with E-state index >= 15 is 0 Å². The maximum absolute atomic E-state index is 11.1. The predicted molar refractivity (Wildman–Crippen MR) is 52.1 cm³/mol. The third kappa shape index (κ3) is 2.47. The molecule has 0 aliphatic rings. The van der Waals surface area contributed by atoms with Gasteiger partial charge in [-0.25, -0.2) is 0 Å². The summed E-state index contributed by atoms with van der Waals surface area (Å²) in [6.45, 7) is 0.564. The Labute approximate surface area is 75.8 Å². The van der Waals surface area contributed by atoms with E-state index in [1.165, 1.54) is 6.07 Å². The molecule has 12 heavy (non-hydrogen) atoms. The van der Waals surface area contributed by atoms with Crippen molar-refractivity contribution in [2.45, 2.75) is 13.0 Å². The summed E-state index contributed by atoms with van der Waals surface area (Å²) < 4.78 is 1.58. The second kappa shape index (κ2) is 4.01. The lowest BCUT2D eigenvalue weighted by Crippen LogP contribution is -2.21. The van der Waals surface area contributed by atoms with Crippen LogP contribution in [0.25, 0.3) is 0 Å². The van der Waals surface area contributed by atoms with Gasteiger partial charge < -0.3 is 10.3 Å². The highest BCUT2D eigenvalue weighted by molar-refractivity contribution is 7.80. The van der Waals surface area contributed by atoms with E-state index in [-0.39, 0.29) is 5.56 Å². The SMILES string of the molecule is NC(=S)CCn1ccccc1=O. The molecular weight excluding hydrogens is 172 g/mol. The highest BCUT2D eigenvalue weighted by Crippen LogP contribution is 1.87. The molecule has 0 aliphatic heterocycles. The highest BCUT2D eigenvalue weighted by Gasteiger charge is 1.93. The van der Waals surface area contributed by atoms with Crippen LogP contribution in [-0.2, 0) is 6.54 Å². The standard InChI is InChI=1S/C8H10N2OS/c9-7(12)4-6-10-5-2-1-3-8(10)11/h1-3,5H,4,6H2,(H2,9,12). The van der Waals surface area contributed by atoms with Gasteiger partial charge in [-0.3, -0.25) is 4.79 Å². The fourth-order valence-corrected chi connectivity index (χ4v) is 0.967. The second-order valence-corrected chi connectivity index (χ2v) is 2.97. The molecule has 0 spiro atoms. The van der Waals surface area contributed by atoms with Gasteiger partial charge in [-0.15, -0.1) is 0 Å². The van der Waals surface area contributed by atoms with Gasteiger partial charge in [0.25, 0.3) is 5.56 Å². The summed E-state index contributed by atoms with van der Waals surface area (Å²) in [6.07, 6.45) is 2.29. The Balaban J connectivity index is 2.70. The molecule has 0 atom stereocenters. The van der Waals surface area contributed by atoms with Crippen LogP contribution in [0.5, 0.6) is 0 Å². The zero-order chi connectivity index (χ0) is 8.97. The van der Waals surface area contributed by atoms with Crippen molar-refractivity contribution in [3.63, 3.8) is 0 Å². The maximum atomic E-state index is 11.1. The van der Waals surface area contributed by atoms with E-state index in [4.69, 9.17) is 18.0 Å². The fourth-order valence-electron chi connectivity index (χ4n) is 0.876. The first-order valence-electron chi connectivity index (χ1n) is 3.64. The number of nitrogens with two attached hydrogens (primary N) is 1. The number of hydrogen-bond acceptors (Lipinski definition) is 2. The van der Waals surface area contributed by atoms with Gasteiger partial charge in [0.1, 0.15) is 0 Å². The zero-order valence-corrected chi connectivity index (χ0v) is 7.38. The van der Waals surface area contributed by atoms with Crippen LogP contribution in [0.15, 0.2) is 29.2 Å². The van der Waals surface area contributed by atoms with E-state index in [0.717, 1.165) is 0 Å². The number of thiocarbonyl (C=S) groups is 1. The molecule has 1 heterocycles. The van der Waals surface area contributed by atoms with Crippen molar-refractivity contribution in [2.75, 3.05) is 0 Å². The molecule has 3 nitrogen and oxygen atoms in total. The van der Waals surface area contributed by atoms with Gasteiger partial charge in [-0.2, -0.15) is 0 Å². The van der Waals surface area contributed by atoms with Crippen LogP contribution in [0.1, 0.15) is 6.42 Å². The molecule has 2 N–H and O–H groups in total. The first-order valence-corrected chi connectivity index (χ1v) is 4.05. The number of aryl methyl sites for hydroxylation is 1. The van der Waals surface area contributed by atoms with E-state index < -0.39 is 0 Å². The van der Waals surface area contributed by atoms with E-state index in [0.29, 0.717) is 18.0 Å². The highest BCUT2D eigenvalue weighted by atomic mass is 32.1. The molecule has 0 fully saturated rings. The molecule has 1 aromatic rings. The van der Waals surface area contributed by atoms with Crippen molar-refractivity contribution in [3.8, 4) is 0 Å². The van der Waals surface area contributed by atoms with Gasteiger partial charge in [0.05, 0.1) is 4.99 Å². The van der Waals surface area contributed by atoms with E-state index in [2.05, 4.69) is 0 Å². The van der Waals surface area contributed by atoms with Crippen molar-refractivity contribution in [1.82, 2.24) is 4.57 Å². The Morgan fingerprint density at radius 2 is 2.33 bits per heavy atom. The average molecular weight is 182 g/mol. The molecule has 1 aromatic heterocycles. The Bertz CT molecular complexity index is 332. The fraction of sp³-hybridized carbons (Fsp3) is 0.250. The summed E-state index contributed by atoms with van der Waals surface area (Å²) in [5, 5.41) is 0.